The van der Waals surface area contributed by atoms with Crippen molar-refractivity contribution in [2.45, 2.75) is 39.2 Å². The number of likely N-dealkylation sites (N-methyl/N-ethyl adjacent to an activating group) is 1. The van der Waals surface area contributed by atoms with E-state index < -0.39 is 5.60 Å². The number of ether oxygens (including phenoxy) is 1. The van der Waals surface area contributed by atoms with Gasteiger partial charge in [-0.1, -0.05) is 6.92 Å². The normalized spacial score (nSPS) is 11.5. The lowest BCUT2D eigenvalue weighted by Gasteiger charge is -2.25. The van der Waals surface area contributed by atoms with Gasteiger partial charge in [-0.15, -0.1) is 0 Å². The molecule has 0 aliphatic rings. The van der Waals surface area contributed by atoms with Gasteiger partial charge in [0.15, 0.2) is 0 Å². The summed E-state index contributed by atoms with van der Waals surface area (Å²) in [4.78, 5) is 13.1. The molecule has 0 aromatic heterocycles. The molecule has 90 valence electrons. The molecule has 0 heterocycles. The molecular formula is C11H23NO3. The SMILES string of the molecule is CCCOCCC(=O)N(C)CC(C)(C)O. The molecule has 0 aromatic rings. The molecule has 15 heavy (non-hydrogen) atoms. The number of aliphatic hydroxyl groups is 1. The van der Waals surface area contributed by atoms with Crippen molar-refractivity contribution in [1.29, 1.82) is 0 Å². The molecule has 1 N–H and O–H groups in total. The van der Waals surface area contributed by atoms with Crippen molar-refractivity contribution in [3.8, 4) is 0 Å². The monoisotopic (exact) mass is 217 g/mol. The average Bonchev–Trinajstić information content (AvgIpc) is 2.09. The van der Waals surface area contributed by atoms with Crippen LogP contribution in [0.4, 0.5) is 0 Å². The van der Waals surface area contributed by atoms with Crippen molar-refractivity contribution in [2.24, 2.45) is 0 Å². The van der Waals surface area contributed by atoms with Gasteiger partial charge in [-0.05, 0) is 20.3 Å². The number of rotatable bonds is 7. The molecule has 4 nitrogen and oxygen atoms in total. The fourth-order valence-corrected chi connectivity index (χ4v) is 1.27. The highest BCUT2D eigenvalue weighted by Crippen LogP contribution is 2.04. The van der Waals surface area contributed by atoms with E-state index in [0.29, 0.717) is 26.2 Å². The molecule has 0 unspecified atom stereocenters. The lowest BCUT2D eigenvalue weighted by Crippen LogP contribution is -2.40. The summed E-state index contributed by atoms with van der Waals surface area (Å²) >= 11 is 0. The van der Waals surface area contributed by atoms with E-state index in [1.54, 1.807) is 20.9 Å². The van der Waals surface area contributed by atoms with Crippen LogP contribution in [-0.2, 0) is 9.53 Å². The van der Waals surface area contributed by atoms with Crippen molar-refractivity contribution < 1.29 is 14.6 Å². The summed E-state index contributed by atoms with van der Waals surface area (Å²) in [6.45, 7) is 6.90. The molecule has 0 aliphatic carbocycles. The Balaban J connectivity index is 3.70. The maximum absolute atomic E-state index is 11.5. The highest BCUT2D eigenvalue weighted by atomic mass is 16.5. The Kier molecular flexibility index (Phi) is 6.52. The minimum atomic E-state index is -0.839. The van der Waals surface area contributed by atoms with E-state index >= 15 is 0 Å². The van der Waals surface area contributed by atoms with Gasteiger partial charge in [0.2, 0.25) is 5.91 Å². The van der Waals surface area contributed by atoms with Gasteiger partial charge in [0.05, 0.1) is 18.6 Å². The number of carbonyl (C=O) groups is 1. The van der Waals surface area contributed by atoms with Gasteiger partial charge in [0, 0.05) is 20.2 Å². The highest BCUT2D eigenvalue weighted by Gasteiger charge is 2.18. The summed E-state index contributed by atoms with van der Waals surface area (Å²) in [5.41, 5.74) is -0.839. The standard InChI is InChI=1S/C11H23NO3/c1-5-7-15-8-6-10(13)12(4)9-11(2,3)14/h14H,5-9H2,1-4H3. The van der Waals surface area contributed by atoms with Gasteiger partial charge in [-0.25, -0.2) is 0 Å². The zero-order valence-electron chi connectivity index (χ0n) is 10.2. The summed E-state index contributed by atoms with van der Waals surface area (Å²) in [6.07, 6.45) is 1.35. The molecule has 4 heteroatoms. The van der Waals surface area contributed by atoms with E-state index in [1.165, 1.54) is 4.90 Å². The summed E-state index contributed by atoms with van der Waals surface area (Å²) in [6, 6.07) is 0. The van der Waals surface area contributed by atoms with Crippen LogP contribution in [0.3, 0.4) is 0 Å². The second-order valence-corrected chi connectivity index (χ2v) is 4.42. The number of carbonyl (C=O) groups excluding carboxylic acids is 1. The fourth-order valence-electron chi connectivity index (χ4n) is 1.27. The third kappa shape index (κ3) is 8.39. The Morgan fingerprint density at radius 3 is 2.47 bits per heavy atom. The molecule has 0 atom stereocenters. The Morgan fingerprint density at radius 2 is 2.00 bits per heavy atom. The second kappa shape index (κ2) is 6.80. The van der Waals surface area contributed by atoms with Gasteiger partial charge in [-0.3, -0.25) is 4.79 Å². The zero-order chi connectivity index (χ0) is 11.9. The first kappa shape index (κ1) is 14.4. The van der Waals surface area contributed by atoms with E-state index in [0.717, 1.165) is 6.42 Å². The number of amides is 1. The maximum atomic E-state index is 11.5. The van der Waals surface area contributed by atoms with Crippen LogP contribution in [0.15, 0.2) is 0 Å². The summed E-state index contributed by atoms with van der Waals surface area (Å²) < 4.78 is 5.22. The van der Waals surface area contributed by atoms with Gasteiger partial charge in [-0.2, -0.15) is 0 Å². The van der Waals surface area contributed by atoms with E-state index in [9.17, 15) is 9.90 Å². The molecule has 0 bridgehead atoms. The predicted octanol–water partition coefficient (Wildman–Crippen LogP) is 1.03. The lowest BCUT2D eigenvalue weighted by molar-refractivity contribution is -0.133. The smallest absolute Gasteiger partial charge is 0.224 e. The second-order valence-electron chi connectivity index (χ2n) is 4.42. The van der Waals surface area contributed by atoms with Crippen molar-refractivity contribution in [3.63, 3.8) is 0 Å². The van der Waals surface area contributed by atoms with E-state index in [2.05, 4.69) is 0 Å². The first-order valence-corrected chi connectivity index (χ1v) is 5.41. The van der Waals surface area contributed by atoms with Crippen LogP contribution in [0.5, 0.6) is 0 Å². The molecule has 1 amide bonds. The van der Waals surface area contributed by atoms with Crippen LogP contribution in [-0.4, -0.2) is 48.3 Å². The first-order chi connectivity index (χ1) is 6.87. The first-order valence-electron chi connectivity index (χ1n) is 5.41. The van der Waals surface area contributed by atoms with Crippen LogP contribution in [0.1, 0.15) is 33.6 Å². The van der Waals surface area contributed by atoms with Crippen molar-refractivity contribution >= 4 is 5.91 Å². The highest BCUT2D eigenvalue weighted by molar-refractivity contribution is 5.76. The zero-order valence-corrected chi connectivity index (χ0v) is 10.2. The van der Waals surface area contributed by atoms with Crippen LogP contribution in [0.25, 0.3) is 0 Å². The molecule has 0 radical (unpaired) electrons. The van der Waals surface area contributed by atoms with E-state index in [1.807, 2.05) is 6.92 Å². The minimum Gasteiger partial charge on any atom is -0.389 e. The molecular weight excluding hydrogens is 194 g/mol. The van der Waals surface area contributed by atoms with Gasteiger partial charge < -0.3 is 14.7 Å². The molecule has 0 saturated heterocycles. The van der Waals surface area contributed by atoms with Gasteiger partial charge in [0.1, 0.15) is 0 Å². The Morgan fingerprint density at radius 1 is 1.40 bits per heavy atom. The van der Waals surface area contributed by atoms with Gasteiger partial charge >= 0.3 is 0 Å². The summed E-state index contributed by atoms with van der Waals surface area (Å²) in [5, 5.41) is 9.52. The molecule has 0 rings (SSSR count). The largest absolute Gasteiger partial charge is 0.389 e. The van der Waals surface area contributed by atoms with Gasteiger partial charge in [0.25, 0.3) is 0 Å². The third-order valence-corrected chi connectivity index (χ3v) is 1.86. The quantitative estimate of drug-likeness (QED) is 0.648. The van der Waals surface area contributed by atoms with Crippen molar-refractivity contribution in [2.75, 3.05) is 26.8 Å². The van der Waals surface area contributed by atoms with Crippen molar-refractivity contribution in [1.82, 2.24) is 4.90 Å². The molecule has 0 aliphatic heterocycles. The summed E-state index contributed by atoms with van der Waals surface area (Å²) in [5.74, 6) is 0.00762. The van der Waals surface area contributed by atoms with E-state index in [-0.39, 0.29) is 5.91 Å². The van der Waals surface area contributed by atoms with E-state index in [4.69, 9.17) is 4.74 Å². The number of hydrogen-bond acceptors (Lipinski definition) is 3. The molecule has 0 saturated carbocycles. The minimum absolute atomic E-state index is 0.00762. The van der Waals surface area contributed by atoms with Crippen LogP contribution < -0.4 is 0 Å². The summed E-state index contributed by atoms with van der Waals surface area (Å²) in [7, 11) is 1.69. The predicted molar refractivity (Wildman–Crippen MR) is 59.7 cm³/mol. The van der Waals surface area contributed by atoms with Crippen LogP contribution in [0, 0.1) is 0 Å². The third-order valence-electron chi connectivity index (χ3n) is 1.86. The maximum Gasteiger partial charge on any atom is 0.224 e. The molecule has 0 spiro atoms. The number of nitrogens with zero attached hydrogens (tertiary/aromatic N) is 1. The van der Waals surface area contributed by atoms with Crippen molar-refractivity contribution in [3.05, 3.63) is 0 Å². The van der Waals surface area contributed by atoms with Crippen LogP contribution in [0.2, 0.25) is 0 Å². The topological polar surface area (TPSA) is 49.8 Å². The van der Waals surface area contributed by atoms with Crippen LogP contribution >= 0.6 is 0 Å². The number of hydrogen-bond donors (Lipinski definition) is 1. The Labute approximate surface area is 92.2 Å². The Hall–Kier alpha value is -0.610. The molecule has 0 fully saturated rings. The molecule has 0 aromatic carbocycles. The Bertz CT molecular complexity index is 187. The lowest BCUT2D eigenvalue weighted by atomic mass is 10.1. The fraction of sp³-hybridized carbons (Fsp3) is 0.909. The average molecular weight is 217 g/mol.